The molecule has 1 heterocycles. The van der Waals surface area contributed by atoms with Gasteiger partial charge in [-0.1, -0.05) is 5.16 Å². The van der Waals surface area contributed by atoms with Crippen molar-refractivity contribution >= 4 is 57.6 Å². The van der Waals surface area contributed by atoms with Crippen molar-refractivity contribution in [1.29, 1.82) is 0 Å². The summed E-state index contributed by atoms with van der Waals surface area (Å²) in [4.78, 5) is 14.3. The van der Waals surface area contributed by atoms with Gasteiger partial charge in [-0.25, -0.2) is 4.98 Å². The molecular formula is C5H7N4NaO2S. The number of anilines is 1. The Morgan fingerprint density at radius 1 is 1.69 bits per heavy atom. The Bertz CT molecular complexity index is 337. The third-order valence-corrected chi connectivity index (χ3v) is 1.77. The molecule has 1 aromatic heterocycles. The second-order valence-electron chi connectivity index (χ2n) is 1.88. The first-order valence-corrected chi connectivity index (χ1v) is 3.76. The fourth-order valence-electron chi connectivity index (χ4n) is 0.623. The van der Waals surface area contributed by atoms with Crippen LogP contribution in [0.2, 0.25) is 0 Å². The van der Waals surface area contributed by atoms with Crippen molar-refractivity contribution in [3.63, 3.8) is 0 Å². The van der Waals surface area contributed by atoms with E-state index in [4.69, 9.17) is 16.7 Å². The molecule has 1 aromatic rings. The fourth-order valence-corrected chi connectivity index (χ4v) is 1.17. The van der Waals surface area contributed by atoms with E-state index in [1.54, 1.807) is 0 Å². The quantitative estimate of drug-likeness (QED) is 0.244. The molecule has 5 N–H and O–H groups in total. The molecule has 0 aliphatic heterocycles. The number of nitrogens with zero attached hydrogens (tertiary/aromatic N) is 2. The van der Waals surface area contributed by atoms with Crippen LogP contribution in [-0.4, -0.2) is 51.4 Å². The van der Waals surface area contributed by atoms with Crippen molar-refractivity contribution < 1.29 is 10.0 Å². The van der Waals surface area contributed by atoms with Gasteiger partial charge in [-0.2, -0.15) is 0 Å². The SMILES string of the molecule is NC(=O)C(=NO)c1csc(N)n1.[NaH]. The van der Waals surface area contributed by atoms with Crippen LogP contribution in [0.3, 0.4) is 0 Å². The third kappa shape index (κ3) is 2.96. The topological polar surface area (TPSA) is 115 Å². The summed E-state index contributed by atoms with van der Waals surface area (Å²) in [6.45, 7) is 0. The van der Waals surface area contributed by atoms with Gasteiger partial charge in [0.1, 0.15) is 5.69 Å². The first kappa shape index (κ1) is 12.4. The third-order valence-electron chi connectivity index (χ3n) is 1.10. The van der Waals surface area contributed by atoms with E-state index in [2.05, 4.69) is 10.1 Å². The summed E-state index contributed by atoms with van der Waals surface area (Å²) in [5.41, 5.74) is 10.1. The van der Waals surface area contributed by atoms with Crippen LogP contribution in [0.5, 0.6) is 0 Å². The molecule has 0 saturated heterocycles. The van der Waals surface area contributed by atoms with Gasteiger partial charge in [-0.3, -0.25) is 4.79 Å². The molecule has 8 heteroatoms. The molecular weight excluding hydrogens is 203 g/mol. The molecule has 0 unspecified atom stereocenters. The Balaban J connectivity index is 0.00000144. The first-order valence-electron chi connectivity index (χ1n) is 2.88. The van der Waals surface area contributed by atoms with Crippen LogP contribution in [0.1, 0.15) is 5.69 Å². The van der Waals surface area contributed by atoms with E-state index in [-0.39, 0.29) is 46.1 Å². The van der Waals surface area contributed by atoms with Gasteiger partial charge in [0, 0.05) is 5.38 Å². The van der Waals surface area contributed by atoms with Crippen molar-refractivity contribution in [2.24, 2.45) is 10.9 Å². The summed E-state index contributed by atoms with van der Waals surface area (Å²) in [5, 5.41) is 12.8. The number of hydrogen-bond acceptors (Lipinski definition) is 6. The van der Waals surface area contributed by atoms with Crippen LogP contribution < -0.4 is 11.5 Å². The average Bonchev–Trinajstić information content (AvgIpc) is 2.37. The van der Waals surface area contributed by atoms with Gasteiger partial charge in [-0.15, -0.1) is 11.3 Å². The molecule has 0 saturated carbocycles. The number of carbonyl (C=O) groups excluding carboxylic acids is 1. The molecule has 0 fully saturated rings. The molecule has 0 spiro atoms. The number of nitrogen functional groups attached to an aromatic ring is 1. The van der Waals surface area contributed by atoms with Gasteiger partial charge in [0.25, 0.3) is 5.91 Å². The molecule has 0 aromatic carbocycles. The molecule has 0 radical (unpaired) electrons. The Morgan fingerprint density at radius 2 is 2.31 bits per heavy atom. The van der Waals surface area contributed by atoms with Gasteiger partial charge in [0.15, 0.2) is 10.8 Å². The number of thiazole rings is 1. The summed E-state index contributed by atoms with van der Waals surface area (Å²) >= 11 is 1.13. The minimum absolute atomic E-state index is 0. The molecule has 66 valence electrons. The van der Waals surface area contributed by atoms with Crippen molar-refractivity contribution in [3.8, 4) is 0 Å². The van der Waals surface area contributed by atoms with Crippen LogP contribution in [0.15, 0.2) is 10.5 Å². The Labute approximate surface area is 99.9 Å². The summed E-state index contributed by atoms with van der Waals surface area (Å²) in [7, 11) is 0. The summed E-state index contributed by atoms with van der Waals surface area (Å²) in [6.07, 6.45) is 0. The van der Waals surface area contributed by atoms with Gasteiger partial charge in [-0.05, 0) is 0 Å². The summed E-state index contributed by atoms with van der Waals surface area (Å²) in [6, 6.07) is 0. The van der Waals surface area contributed by atoms with Crippen LogP contribution in [0.4, 0.5) is 5.13 Å². The molecule has 0 atom stereocenters. The zero-order chi connectivity index (χ0) is 9.14. The summed E-state index contributed by atoms with van der Waals surface area (Å²) < 4.78 is 0. The van der Waals surface area contributed by atoms with Crippen LogP contribution in [0, 0.1) is 0 Å². The number of rotatable bonds is 2. The van der Waals surface area contributed by atoms with Crippen LogP contribution >= 0.6 is 11.3 Å². The van der Waals surface area contributed by atoms with E-state index < -0.39 is 5.91 Å². The second kappa shape index (κ2) is 5.18. The predicted molar refractivity (Wildman–Crippen MR) is 51.2 cm³/mol. The first-order chi connectivity index (χ1) is 5.65. The van der Waals surface area contributed by atoms with E-state index in [9.17, 15) is 4.79 Å². The predicted octanol–water partition coefficient (Wildman–Crippen LogP) is -1.26. The fraction of sp³-hybridized carbons (Fsp3) is 0. The zero-order valence-electron chi connectivity index (χ0n) is 5.89. The van der Waals surface area contributed by atoms with Crippen molar-refractivity contribution in [3.05, 3.63) is 11.1 Å². The van der Waals surface area contributed by atoms with Gasteiger partial charge < -0.3 is 16.7 Å². The van der Waals surface area contributed by atoms with E-state index in [1.165, 1.54) is 5.38 Å². The van der Waals surface area contributed by atoms with E-state index >= 15 is 0 Å². The molecule has 1 amide bonds. The molecule has 0 bridgehead atoms. The van der Waals surface area contributed by atoms with Crippen LogP contribution in [0.25, 0.3) is 0 Å². The van der Waals surface area contributed by atoms with E-state index in [0.717, 1.165) is 11.3 Å². The van der Waals surface area contributed by atoms with Gasteiger partial charge >= 0.3 is 29.6 Å². The van der Waals surface area contributed by atoms with Crippen LogP contribution in [-0.2, 0) is 4.79 Å². The van der Waals surface area contributed by atoms with Gasteiger partial charge in [0.2, 0.25) is 0 Å². The summed E-state index contributed by atoms with van der Waals surface area (Å²) in [5.74, 6) is -0.845. The Hall–Kier alpha value is -0.630. The maximum absolute atomic E-state index is 10.6. The monoisotopic (exact) mass is 210 g/mol. The molecule has 1 rings (SSSR count). The van der Waals surface area contributed by atoms with Crippen molar-refractivity contribution in [2.45, 2.75) is 0 Å². The average molecular weight is 210 g/mol. The normalized spacial score (nSPS) is 10.6. The standard InChI is InChI=1S/C5H6N4O2S.Na.H/c6-4(10)3(9-11)2-1-12-5(7)8-2;;/h1,11H,(H2,6,10)(H2,7,8);;. The van der Waals surface area contributed by atoms with Gasteiger partial charge in [0.05, 0.1) is 0 Å². The minimum atomic E-state index is -0.845. The zero-order valence-corrected chi connectivity index (χ0v) is 6.71. The molecule has 13 heavy (non-hydrogen) atoms. The number of aromatic nitrogens is 1. The number of hydrogen-bond donors (Lipinski definition) is 3. The Morgan fingerprint density at radius 3 is 2.62 bits per heavy atom. The van der Waals surface area contributed by atoms with Crippen molar-refractivity contribution in [1.82, 2.24) is 4.98 Å². The van der Waals surface area contributed by atoms with E-state index in [0.29, 0.717) is 0 Å². The molecule has 6 nitrogen and oxygen atoms in total. The Kier molecular flexibility index (Phi) is 4.92. The number of amides is 1. The number of nitrogens with two attached hydrogens (primary N) is 2. The van der Waals surface area contributed by atoms with E-state index in [1.807, 2.05) is 0 Å². The molecule has 0 aliphatic rings. The maximum atomic E-state index is 10.6. The van der Waals surface area contributed by atoms with Crippen molar-refractivity contribution in [2.75, 3.05) is 5.73 Å². The number of oxime groups is 1. The molecule has 0 aliphatic carbocycles. The second-order valence-corrected chi connectivity index (χ2v) is 2.77. The number of carbonyl (C=O) groups is 1. The number of primary amides is 1.